The van der Waals surface area contributed by atoms with Gasteiger partial charge in [0.15, 0.2) is 0 Å². The number of rotatable bonds is 5. The maximum atomic E-state index is 13.5. The summed E-state index contributed by atoms with van der Waals surface area (Å²) in [5.74, 6) is -1.02. The fourth-order valence-electron chi connectivity index (χ4n) is 2.99. The third-order valence-electron chi connectivity index (χ3n) is 4.46. The van der Waals surface area contributed by atoms with Crippen LogP contribution in [0.4, 0.5) is 8.78 Å². The molecule has 1 amide bonds. The first-order valence-corrected chi connectivity index (χ1v) is 8.83. The van der Waals surface area contributed by atoms with E-state index in [1.54, 1.807) is 35.0 Å². The lowest BCUT2D eigenvalue weighted by molar-refractivity contribution is -0.116. The van der Waals surface area contributed by atoms with Crippen LogP contribution in [0.5, 0.6) is 0 Å². The number of carbonyl (C=O) groups excluding carboxylic acids is 1. The molecule has 0 radical (unpaired) electrons. The van der Waals surface area contributed by atoms with Gasteiger partial charge in [0.05, 0.1) is 11.4 Å². The molecule has 144 valence electrons. The van der Waals surface area contributed by atoms with Crippen molar-refractivity contribution < 1.29 is 13.6 Å². The van der Waals surface area contributed by atoms with Gasteiger partial charge in [0.2, 0.25) is 5.91 Å². The highest BCUT2D eigenvalue weighted by atomic mass is 19.1. The predicted molar refractivity (Wildman–Crippen MR) is 106 cm³/mol. The minimum absolute atomic E-state index is 0.221. The molecule has 0 aliphatic carbocycles. The summed E-state index contributed by atoms with van der Waals surface area (Å²) in [5, 5.41) is 2.73. The Bertz CT molecular complexity index is 1220. The molecule has 0 saturated carbocycles. The van der Waals surface area contributed by atoms with Gasteiger partial charge in [0.1, 0.15) is 17.3 Å². The maximum Gasteiger partial charge on any atom is 0.243 e. The minimum atomic E-state index is -0.373. The molecule has 1 aromatic carbocycles. The SMILES string of the molecule is C=CC(=O)NCc1cnc(-c2ccc(F)cc2)cc1-c1cn2cc(F)ccc2n1. The molecule has 3 heterocycles. The van der Waals surface area contributed by atoms with Crippen molar-refractivity contribution in [2.45, 2.75) is 6.54 Å². The average Bonchev–Trinajstić information content (AvgIpc) is 3.15. The van der Waals surface area contributed by atoms with Crippen LogP contribution in [0.1, 0.15) is 5.56 Å². The van der Waals surface area contributed by atoms with Gasteiger partial charge in [0.25, 0.3) is 0 Å². The number of hydrogen-bond acceptors (Lipinski definition) is 3. The highest BCUT2D eigenvalue weighted by Crippen LogP contribution is 2.28. The van der Waals surface area contributed by atoms with E-state index in [9.17, 15) is 13.6 Å². The quantitative estimate of drug-likeness (QED) is 0.521. The molecular weight excluding hydrogens is 374 g/mol. The summed E-state index contributed by atoms with van der Waals surface area (Å²) < 4.78 is 28.4. The van der Waals surface area contributed by atoms with E-state index in [2.05, 4.69) is 21.9 Å². The average molecular weight is 390 g/mol. The number of hydrogen-bond donors (Lipinski definition) is 1. The number of fused-ring (bicyclic) bond motifs is 1. The second-order valence-corrected chi connectivity index (χ2v) is 6.39. The van der Waals surface area contributed by atoms with Gasteiger partial charge in [-0.25, -0.2) is 13.8 Å². The van der Waals surface area contributed by atoms with E-state index in [-0.39, 0.29) is 24.1 Å². The van der Waals surface area contributed by atoms with Crippen molar-refractivity contribution in [3.63, 3.8) is 0 Å². The molecule has 0 aliphatic rings. The number of benzene rings is 1. The molecule has 7 heteroatoms. The van der Waals surface area contributed by atoms with Crippen LogP contribution >= 0.6 is 0 Å². The van der Waals surface area contributed by atoms with Gasteiger partial charge in [-0.2, -0.15) is 0 Å². The molecule has 0 aliphatic heterocycles. The molecule has 4 aromatic rings. The van der Waals surface area contributed by atoms with Crippen molar-refractivity contribution in [3.8, 4) is 22.5 Å². The van der Waals surface area contributed by atoms with E-state index in [1.165, 1.54) is 30.5 Å². The fraction of sp³-hybridized carbons (Fsp3) is 0.0455. The zero-order valence-electron chi connectivity index (χ0n) is 15.3. The summed E-state index contributed by atoms with van der Waals surface area (Å²) in [5.41, 5.74) is 4.01. The van der Waals surface area contributed by atoms with Gasteiger partial charge in [-0.3, -0.25) is 9.78 Å². The zero-order valence-corrected chi connectivity index (χ0v) is 15.3. The topological polar surface area (TPSA) is 59.3 Å². The lowest BCUT2D eigenvalue weighted by atomic mass is 10.0. The predicted octanol–water partition coefficient (Wildman–Crippen LogP) is 4.14. The van der Waals surface area contributed by atoms with Crippen LogP contribution in [0, 0.1) is 11.6 Å². The highest BCUT2D eigenvalue weighted by Gasteiger charge is 2.13. The first-order chi connectivity index (χ1) is 14.0. The number of aromatic nitrogens is 3. The Morgan fingerprint density at radius 3 is 2.59 bits per heavy atom. The molecule has 0 saturated heterocycles. The van der Waals surface area contributed by atoms with E-state index in [1.807, 2.05) is 6.07 Å². The van der Waals surface area contributed by atoms with Crippen LogP contribution in [-0.2, 0) is 11.3 Å². The van der Waals surface area contributed by atoms with Crippen LogP contribution < -0.4 is 5.32 Å². The van der Waals surface area contributed by atoms with Gasteiger partial charge in [-0.1, -0.05) is 6.58 Å². The largest absolute Gasteiger partial charge is 0.348 e. The first-order valence-electron chi connectivity index (χ1n) is 8.83. The van der Waals surface area contributed by atoms with Crippen molar-refractivity contribution in [3.05, 3.63) is 90.9 Å². The molecule has 4 rings (SSSR count). The van der Waals surface area contributed by atoms with Crippen molar-refractivity contribution in [2.75, 3.05) is 0 Å². The lowest BCUT2D eigenvalue weighted by Crippen LogP contribution is -2.20. The Balaban J connectivity index is 1.81. The van der Waals surface area contributed by atoms with Gasteiger partial charge in [-0.05, 0) is 54.1 Å². The Morgan fingerprint density at radius 2 is 1.83 bits per heavy atom. The second-order valence-electron chi connectivity index (χ2n) is 6.39. The molecule has 0 unspecified atom stereocenters. The van der Waals surface area contributed by atoms with Gasteiger partial charge in [0, 0.05) is 36.3 Å². The number of carbonyl (C=O) groups is 1. The highest BCUT2D eigenvalue weighted by molar-refractivity contribution is 5.87. The van der Waals surface area contributed by atoms with E-state index in [0.717, 1.165) is 16.7 Å². The van der Waals surface area contributed by atoms with E-state index >= 15 is 0 Å². The number of halogens is 2. The maximum absolute atomic E-state index is 13.5. The summed E-state index contributed by atoms with van der Waals surface area (Å²) in [6.45, 7) is 3.66. The first kappa shape index (κ1) is 18.5. The van der Waals surface area contributed by atoms with Crippen molar-refractivity contribution in [2.24, 2.45) is 0 Å². The van der Waals surface area contributed by atoms with E-state index in [4.69, 9.17) is 0 Å². The van der Waals surface area contributed by atoms with Crippen LogP contribution in [-0.4, -0.2) is 20.3 Å². The number of nitrogens with zero attached hydrogens (tertiary/aromatic N) is 3. The summed E-state index contributed by atoms with van der Waals surface area (Å²) in [4.78, 5) is 20.6. The minimum Gasteiger partial charge on any atom is -0.348 e. The number of nitrogens with one attached hydrogen (secondary N) is 1. The van der Waals surface area contributed by atoms with E-state index in [0.29, 0.717) is 17.0 Å². The van der Waals surface area contributed by atoms with Crippen LogP contribution in [0.25, 0.3) is 28.2 Å². The molecule has 0 spiro atoms. The summed E-state index contributed by atoms with van der Waals surface area (Å²) >= 11 is 0. The normalized spacial score (nSPS) is 10.8. The molecule has 1 N–H and O–H groups in total. The van der Waals surface area contributed by atoms with Crippen molar-refractivity contribution >= 4 is 11.6 Å². The monoisotopic (exact) mass is 390 g/mol. The Hall–Kier alpha value is -3.87. The van der Waals surface area contributed by atoms with E-state index < -0.39 is 0 Å². The van der Waals surface area contributed by atoms with Crippen molar-refractivity contribution in [1.82, 2.24) is 19.7 Å². The summed E-state index contributed by atoms with van der Waals surface area (Å²) in [7, 11) is 0. The molecule has 5 nitrogen and oxygen atoms in total. The molecule has 29 heavy (non-hydrogen) atoms. The van der Waals surface area contributed by atoms with Crippen LogP contribution in [0.3, 0.4) is 0 Å². The Labute approximate surface area is 165 Å². The third-order valence-corrected chi connectivity index (χ3v) is 4.46. The van der Waals surface area contributed by atoms with Crippen LogP contribution in [0.15, 0.2) is 73.7 Å². The van der Waals surface area contributed by atoms with Gasteiger partial charge >= 0.3 is 0 Å². The standard InChI is InChI=1S/C22H16F2N4O/c1-2-22(29)26-11-15-10-25-19(14-3-5-16(23)6-4-14)9-18(15)20-13-28-12-17(24)7-8-21(28)27-20/h2-10,12-13H,1,11H2,(H,26,29). The number of amides is 1. The molecular formula is C22H16F2N4O. The fourth-order valence-corrected chi connectivity index (χ4v) is 2.99. The lowest BCUT2D eigenvalue weighted by Gasteiger charge is -2.10. The third kappa shape index (κ3) is 3.89. The van der Waals surface area contributed by atoms with Gasteiger partial charge < -0.3 is 9.72 Å². The molecule has 0 atom stereocenters. The molecule has 0 fully saturated rings. The number of imidazole rings is 1. The summed E-state index contributed by atoms with van der Waals surface area (Å²) in [6, 6.07) is 10.7. The molecule has 0 bridgehead atoms. The Kier molecular flexibility index (Phi) is 4.87. The van der Waals surface area contributed by atoms with Crippen LogP contribution in [0.2, 0.25) is 0 Å². The second kappa shape index (κ2) is 7.63. The zero-order chi connectivity index (χ0) is 20.4. The number of pyridine rings is 2. The Morgan fingerprint density at radius 1 is 1.07 bits per heavy atom. The smallest absolute Gasteiger partial charge is 0.243 e. The van der Waals surface area contributed by atoms with Crippen molar-refractivity contribution in [1.29, 1.82) is 0 Å². The molecule has 3 aromatic heterocycles. The summed E-state index contributed by atoms with van der Waals surface area (Å²) in [6.07, 6.45) is 5.88. The van der Waals surface area contributed by atoms with Gasteiger partial charge in [-0.15, -0.1) is 0 Å².